The summed E-state index contributed by atoms with van der Waals surface area (Å²) >= 11 is 0. The van der Waals surface area contributed by atoms with E-state index in [4.69, 9.17) is 4.74 Å². The number of hydrazine groups is 1. The van der Waals surface area contributed by atoms with Crippen LogP contribution >= 0.6 is 0 Å². The van der Waals surface area contributed by atoms with Gasteiger partial charge in [0.05, 0.1) is 12.6 Å². The molecule has 0 bridgehead atoms. The summed E-state index contributed by atoms with van der Waals surface area (Å²) in [6, 6.07) is 29.6. The highest BCUT2D eigenvalue weighted by atomic mass is 16.5. The second kappa shape index (κ2) is 11.0. The van der Waals surface area contributed by atoms with Gasteiger partial charge in [0.1, 0.15) is 11.8 Å². The van der Waals surface area contributed by atoms with Gasteiger partial charge in [0.25, 0.3) is 0 Å². The summed E-state index contributed by atoms with van der Waals surface area (Å²) in [6.45, 7) is 5.81. The number of benzene rings is 3. The average Bonchev–Trinajstić information content (AvgIpc) is 3.41. The number of hydrogen-bond donors (Lipinski definition) is 2. The van der Waals surface area contributed by atoms with Crippen LogP contribution in [0.4, 0.5) is 0 Å². The average molecular weight is 471 g/mol. The fourth-order valence-electron chi connectivity index (χ4n) is 5.21. The van der Waals surface area contributed by atoms with Gasteiger partial charge >= 0.3 is 0 Å². The molecule has 35 heavy (non-hydrogen) atoms. The molecule has 2 atom stereocenters. The van der Waals surface area contributed by atoms with Gasteiger partial charge in [-0.3, -0.25) is 9.69 Å². The highest BCUT2D eigenvalue weighted by Crippen LogP contribution is 2.30. The van der Waals surface area contributed by atoms with Crippen molar-refractivity contribution in [2.24, 2.45) is 0 Å². The highest BCUT2D eigenvalue weighted by molar-refractivity contribution is 5.82. The van der Waals surface area contributed by atoms with Crippen LogP contribution < -0.4 is 15.6 Å². The second-order valence-corrected chi connectivity index (χ2v) is 9.22. The normalized spacial score (nSPS) is 20.8. The van der Waals surface area contributed by atoms with Gasteiger partial charge in [-0.2, -0.15) is 0 Å². The minimum Gasteiger partial charge on any atom is -0.494 e. The van der Waals surface area contributed by atoms with Crippen LogP contribution in [0.1, 0.15) is 42.1 Å². The lowest BCUT2D eigenvalue weighted by Gasteiger charge is -2.40. The fourth-order valence-corrected chi connectivity index (χ4v) is 5.21. The van der Waals surface area contributed by atoms with Crippen LogP contribution in [0.5, 0.6) is 5.75 Å². The molecule has 3 aromatic carbocycles. The van der Waals surface area contributed by atoms with E-state index in [1.807, 2.05) is 24.0 Å². The maximum Gasteiger partial charge on any atom is 0.241 e. The smallest absolute Gasteiger partial charge is 0.241 e. The largest absolute Gasteiger partial charge is 0.494 e. The molecule has 2 aliphatic rings. The number of piperazine rings is 1. The monoisotopic (exact) mass is 470 g/mol. The zero-order chi connectivity index (χ0) is 24.0. The van der Waals surface area contributed by atoms with E-state index in [0.717, 1.165) is 43.9 Å². The predicted molar refractivity (Wildman–Crippen MR) is 138 cm³/mol. The van der Waals surface area contributed by atoms with Crippen LogP contribution in [0.15, 0.2) is 84.9 Å². The number of carbonyl (C=O) groups excluding carboxylic acids is 1. The quantitative estimate of drug-likeness (QED) is 0.548. The number of amides is 1. The van der Waals surface area contributed by atoms with Gasteiger partial charge < -0.3 is 9.64 Å². The molecule has 0 spiro atoms. The molecular formula is C29H34N4O2. The summed E-state index contributed by atoms with van der Waals surface area (Å²) < 4.78 is 5.54. The molecule has 2 fully saturated rings. The van der Waals surface area contributed by atoms with E-state index in [0.29, 0.717) is 6.61 Å². The van der Waals surface area contributed by atoms with Crippen LogP contribution in [-0.4, -0.2) is 54.5 Å². The lowest BCUT2D eigenvalue weighted by atomic mass is 9.96. The Kier molecular flexibility index (Phi) is 7.42. The van der Waals surface area contributed by atoms with Crippen molar-refractivity contribution in [2.75, 3.05) is 32.8 Å². The number of rotatable bonds is 7. The molecule has 2 unspecified atom stereocenters. The van der Waals surface area contributed by atoms with E-state index in [1.54, 1.807) is 0 Å². The second-order valence-electron chi connectivity index (χ2n) is 9.22. The maximum absolute atomic E-state index is 13.3. The lowest BCUT2D eigenvalue weighted by Crippen LogP contribution is -2.54. The molecule has 2 N–H and O–H groups in total. The van der Waals surface area contributed by atoms with Gasteiger partial charge in [-0.15, -0.1) is 0 Å². The Balaban J connectivity index is 1.20. The fraction of sp³-hybridized carbons (Fsp3) is 0.345. The summed E-state index contributed by atoms with van der Waals surface area (Å²) in [7, 11) is 0. The van der Waals surface area contributed by atoms with Gasteiger partial charge in [0.15, 0.2) is 0 Å². The topological polar surface area (TPSA) is 56.8 Å². The van der Waals surface area contributed by atoms with Crippen molar-refractivity contribution < 1.29 is 9.53 Å². The first-order chi connectivity index (χ1) is 17.2. The number of nitrogens with zero attached hydrogens (tertiary/aromatic N) is 2. The van der Waals surface area contributed by atoms with Crippen molar-refractivity contribution in [3.8, 4) is 5.75 Å². The third kappa shape index (κ3) is 5.40. The molecule has 2 aliphatic heterocycles. The van der Waals surface area contributed by atoms with Crippen LogP contribution in [-0.2, 0) is 4.79 Å². The number of ether oxygens (including phenoxy) is 1. The molecule has 0 radical (unpaired) electrons. The molecule has 0 saturated carbocycles. The van der Waals surface area contributed by atoms with Crippen molar-refractivity contribution in [2.45, 2.75) is 31.5 Å². The van der Waals surface area contributed by atoms with Crippen LogP contribution in [0.25, 0.3) is 0 Å². The number of carbonyl (C=O) groups is 1. The molecule has 0 aromatic heterocycles. The minimum atomic E-state index is -0.211. The van der Waals surface area contributed by atoms with Crippen molar-refractivity contribution in [3.05, 3.63) is 102 Å². The standard InChI is InChI=1S/C29H34N4O2/c1-2-35-25-15-13-22(14-16-25)26-21-27(31-30-26)29(34)33-19-17-32(18-20-33)28(23-9-5-3-6-10-23)24-11-7-4-8-12-24/h3-16,26-28,30-31H,2,17-21H2,1H3. The Morgan fingerprint density at radius 1 is 0.857 bits per heavy atom. The van der Waals surface area contributed by atoms with E-state index < -0.39 is 0 Å². The molecule has 6 heteroatoms. The highest BCUT2D eigenvalue weighted by Gasteiger charge is 2.35. The van der Waals surface area contributed by atoms with Crippen LogP contribution in [0, 0.1) is 0 Å². The maximum atomic E-state index is 13.3. The summed E-state index contributed by atoms with van der Waals surface area (Å²) in [4.78, 5) is 17.8. The first-order valence-corrected chi connectivity index (χ1v) is 12.6. The van der Waals surface area contributed by atoms with Crippen LogP contribution in [0.2, 0.25) is 0 Å². The zero-order valence-electron chi connectivity index (χ0n) is 20.3. The predicted octanol–water partition coefficient (Wildman–Crippen LogP) is 3.93. The van der Waals surface area contributed by atoms with Crippen molar-refractivity contribution in [1.82, 2.24) is 20.7 Å². The third-order valence-electron chi connectivity index (χ3n) is 7.02. The Hall–Kier alpha value is -3.19. The molecule has 2 heterocycles. The first-order valence-electron chi connectivity index (χ1n) is 12.6. The summed E-state index contributed by atoms with van der Waals surface area (Å²) in [5.74, 6) is 1.05. The summed E-state index contributed by atoms with van der Waals surface area (Å²) in [5.41, 5.74) is 10.3. The molecular weight excluding hydrogens is 436 g/mol. The van der Waals surface area contributed by atoms with Crippen molar-refractivity contribution in [1.29, 1.82) is 0 Å². The van der Waals surface area contributed by atoms with Crippen LogP contribution in [0.3, 0.4) is 0 Å². The van der Waals surface area contributed by atoms with E-state index in [9.17, 15) is 4.79 Å². The number of hydrogen-bond acceptors (Lipinski definition) is 5. The van der Waals surface area contributed by atoms with Gasteiger partial charge in [-0.05, 0) is 42.2 Å². The lowest BCUT2D eigenvalue weighted by molar-refractivity contribution is -0.135. The molecule has 1 amide bonds. The molecule has 6 nitrogen and oxygen atoms in total. The Morgan fingerprint density at radius 2 is 1.46 bits per heavy atom. The minimum absolute atomic E-state index is 0.112. The number of nitrogens with one attached hydrogen (secondary N) is 2. The zero-order valence-corrected chi connectivity index (χ0v) is 20.3. The van der Waals surface area contributed by atoms with Crippen molar-refractivity contribution >= 4 is 5.91 Å². The van der Waals surface area contributed by atoms with E-state index >= 15 is 0 Å². The molecule has 0 aliphatic carbocycles. The summed E-state index contributed by atoms with van der Waals surface area (Å²) in [5, 5.41) is 0. The van der Waals surface area contributed by atoms with Gasteiger partial charge in [0.2, 0.25) is 5.91 Å². The SMILES string of the molecule is CCOc1ccc(C2CC(C(=O)N3CCN(C(c4ccccc4)c4ccccc4)CC3)NN2)cc1. The Morgan fingerprint density at radius 3 is 2.03 bits per heavy atom. The summed E-state index contributed by atoms with van der Waals surface area (Å²) in [6.07, 6.45) is 0.740. The van der Waals surface area contributed by atoms with E-state index in [-0.39, 0.29) is 24.0 Å². The molecule has 3 aromatic rings. The van der Waals surface area contributed by atoms with E-state index in [2.05, 4.69) is 88.5 Å². The first kappa shape index (κ1) is 23.5. The van der Waals surface area contributed by atoms with Gasteiger partial charge in [-0.25, -0.2) is 10.9 Å². The molecule has 182 valence electrons. The van der Waals surface area contributed by atoms with Gasteiger partial charge in [-0.1, -0.05) is 72.8 Å². The molecule has 5 rings (SSSR count). The Bertz CT molecular complexity index is 1040. The Labute approximate surface area is 207 Å². The molecule has 2 saturated heterocycles. The third-order valence-corrected chi connectivity index (χ3v) is 7.02. The van der Waals surface area contributed by atoms with E-state index in [1.165, 1.54) is 11.1 Å². The van der Waals surface area contributed by atoms with Gasteiger partial charge in [0, 0.05) is 32.2 Å². The van der Waals surface area contributed by atoms with Crippen molar-refractivity contribution in [3.63, 3.8) is 0 Å².